The molecule has 0 radical (unpaired) electrons. The van der Waals surface area contributed by atoms with Crippen LogP contribution in [0.3, 0.4) is 0 Å². The van der Waals surface area contributed by atoms with E-state index >= 15 is 0 Å². The normalized spacial score (nSPS) is 12.0. The lowest BCUT2D eigenvalue weighted by molar-refractivity contribution is 0.0648. The van der Waals surface area contributed by atoms with Gasteiger partial charge in [-0.05, 0) is 75.4 Å². The Morgan fingerprint density at radius 2 is 1.68 bits per heavy atom. The minimum atomic E-state index is -0.587. The fraction of sp³-hybridized carbons (Fsp3) is 0.167. The Morgan fingerprint density at radius 1 is 1.00 bits per heavy atom. The van der Waals surface area contributed by atoms with Crippen molar-refractivity contribution in [3.63, 3.8) is 0 Å². The van der Waals surface area contributed by atoms with Gasteiger partial charge >= 0.3 is 0 Å². The first-order valence-electron chi connectivity index (χ1n) is 12.0. The highest BCUT2D eigenvalue weighted by molar-refractivity contribution is 6.31. The highest BCUT2D eigenvalue weighted by Gasteiger charge is 2.28. The molecular weight excluding hydrogens is 486 g/mol. The summed E-state index contributed by atoms with van der Waals surface area (Å²) in [5.74, 6) is 0.857. The van der Waals surface area contributed by atoms with E-state index in [2.05, 4.69) is 0 Å². The van der Waals surface area contributed by atoms with E-state index in [1.54, 1.807) is 52.1 Å². The molecule has 2 aromatic heterocycles. The average molecular weight is 512 g/mol. The fourth-order valence-electron chi connectivity index (χ4n) is 4.36. The van der Waals surface area contributed by atoms with Crippen molar-refractivity contribution >= 4 is 28.4 Å². The molecule has 0 saturated carbocycles. The largest absolute Gasteiger partial charge is 0.467 e. The number of hydrogen-bond donors (Lipinski definition) is 0. The van der Waals surface area contributed by atoms with E-state index in [1.807, 2.05) is 63.2 Å². The summed E-state index contributed by atoms with van der Waals surface area (Å²) in [6.07, 6.45) is 1.58. The van der Waals surface area contributed by atoms with Crippen LogP contribution in [0.2, 0.25) is 5.02 Å². The summed E-state index contributed by atoms with van der Waals surface area (Å²) in [6, 6.07) is 23.1. The quantitative estimate of drug-likeness (QED) is 0.256. The van der Waals surface area contributed by atoms with E-state index in [-0.39, 0.29) is 18.0 Å². The van der Waals surface area contributed by atoms with Gasteiger partial charge < -0.3 is 9.32 Å². The van der Waals surface area contributed by atoms with Crippen molar-refractivity contribution in [1.29, 1.82) is 0 Å². The molecule has 3 aromatic carbocycles. The smallest absolute Gasteiger partial charge is 0.266 e. The first-order valence-corrected chi connectivity index (χ1v) is 12.4. The third kappa shape index (κ3) is 4.93. The van der Waals surface area contributed by atoms with Gasteiger partial charge in [0.2, 0.25) is 0 Å². The molecule has 186 valence electrons. The number of aryl methyl sites for hydroxylation is 2. The van der Waals surface area contributed by atoms with E-state index < -0.39 is 6.04 Å². The minimum Gasteiger partial charge on any atom is -0.467 e. The van der Waals surface area contributed by atoms with Crippen molar-refractivity contribution < 1.29 is 9.21 Å². The summed E-state index contributed by atoms with van der Waals surface area (Å²) in [5.41, 5.74) is 3.58. The lowest BCUT2D eigenvalue weighted by Crippen LogP contribution is -2.37. The molecule has 1 atom stereocenters. The molecule has 0 aliphatic rings. The molecule has 0 aliphatic carbocycles. The van der Waals surface area contributed by atoms with Crippen molar-refractivity contribution in [3.8, 4) is 5.69 Å². The standard InChI is InChI=1S/C30H26ClN3O3/c1-19-6-10-22(11-7-19)29(35)33(18-25-5-4-16-37-25)21(3)28-32-27-17-23(31)12-15-26(27)30(36)34(28)24-13-8-20(2)9-14-24/h4-17,21H,18H2,1-3H3. The van der Waals surface area contributed by atoms with Gasteiger partial charge in [0, 0.05) is 10.6 Å². The van der Waals surface area contributed by atoms with Crippen molar-refractivity contribution in [1.82, 2.24) is 14.5 Å². The van der Waals surface area contributed by atoms with Crippen LogP contribution in [0.5, 0.6) is 0 Å². The molecule has 37 heavy (non-hydrogen) atoms. The third-order valence-corrected chi connectivity index (χ3v) is 6.69. The Kier molecular flexibility index (Phi) is 6.68. The summed E-state index contributed by atoms with van der Waals surface area (Å²) >= 11 is 6.25. The molecule has 0 aliphatic heterocycles. The number of hydrogen-bond acceptors (Lipinski definition) is 4. The summed E-state index contributed by atoms with van der Waals surface area (Å²) in [4.78, 5) is 34.2. The molecule has 0 saturated heterocycles. The van der Waals surface area contributed by atoms with Crippen molar-refractivity contribution in [2.75, 3.05) is 0 Å². The number of fused-ring (bicyclic) bond motifs is 1. The van der Waals surface area contributed by atoms with Gasteiger partial charge in [0.25, 0.3) is 11.5 Å². The second-order valence-corrected chi connectivity index (χ2v) is 9.60. The lowest BCUT2D eigenvalue weighted by Gasteiger charge is -2.30. The van der Waals surface area contributed by atoms with E-state index in [9.17, 15) is 9.59 Å². The van der Waals surface area contributed by atoms with Gasteiger partial charge in [-0.25, -0.2) is 4.98 Å². The maximum absolute atomic E-state index is 13.8. The zero-order valence-corrected chi connectivity index (χ0v) is 21.6. The lowest BCUT2D eigenvalue weighted by atomic mass is 10.1. The zero-order valence-electron chi connectivity index (χ0n) is 20.8. The van der Waals surface area contributed by atoms with Crippen LogP contribution in [0.25, 0.3) is 16.6 Å². The summed E-state index contributed by atoms with van der Waals surface area (Å²) < 4.78 is 7.17. The second kappa shape index (κ2) is 10.1. The molecule has 0 spiro atoms. The van der Waals surface area contributed by atoms with Crippen molar-refractivity contribution in [2.45, 2.75) is 33.4 Å². The number of furan rings is 1. The van der Waals surface area contributed by atoms with E-state index in [0.717, 1.165) is 11.1 Å². The van der Waals surface area contributed by atoms with Crippen LogP contribution in [-0.4, -0.2) is 20.4 Å². The number of amides is 1. The zero-order chi connectivity index (χ0) is 26.1. The monoisotopic (exact) mass is 511 g/mol. The van der Waals surface area contributed by atoms with Crippen LogP contribution < -0.4 is 5.56 Å². The number of carbonyl (C=O) groups excluding carboxylic acids is 1. The number of aromatic nitrogens is 2. The highest BCUT2D eigenvalue weighted by Crippen LogP contribution is 2.27. The predicted octanol–water partition coefficient (Wildman–Crippen LogP) is 6.65. The molecule has 0 N–H and O–H groups in total. The molecule has 5 rings (SSSR count). The Morgan fingerprint density at radius 3 is 2.32 bits per heavy atom. The van der Waals surface area contributed by atoms with Gasteiger partial charge in [0.05, 0.1) is 35.4 Å². The van der Waals surface area contributed by atoms with Gasteiger partial charge in [-0.2, -0.15) is 0 Å². The first kappa shape index (κ1) is 24.5. The maximum atomic E-state index is 13.8. The van der Waals surface area contributed by atoms with Crippen LogP contribution in [0.4, 0.5) is 0 Å². The summed E-state index contributed by atoms with van der Waals surface area (Å²) in [5, 5.41) is 0.928. The third-order valence-electron chi connectivity index (χ3n) is 6.46. The average Bonchev–Trinajstić information content (AvgIpc) is 3.41. The molecule has 0 fully saturated rings. The van der Waals surface area contributed by atoms with E-state index in [4.69, 9.17) is 21.0 Å². The summed E-state index contributed by atoms with van der Waals surface area (Å²) in [6.45, 7) is 6.04. The Hall–Kier alpha value is -4.16. The maximum Gasteiger partial charge on any atom is 0.266 e. The molecule has 2 heterocycles. The molecule has 1 amide bonds. The van der Waals surface area contributed by atoms with Gasteiger partial charge in [0.15, 0.2) is 0 Å². The molecule has 6 nitrogen and oxygen atoms in total. The second-order valence-electron chi connectivity index (χ2n) is 9.16. The molecule has 5 aromatic rings. The topological polar surface area (TPSA) is 68.3 Å². The van der Waals surface area contributed by atoms with Gasteiger partial charge in [0.1, 0.15) is 11.6 Å². The summed E-state index contributed by atoms with van der Waals surface area (Å²) in [7, 11) is 0. The van der Waals surface area contributed by atoms with Crippen LogP contribution >= 0.6 is 11.6 Å². The van der Waals surface area contributed by atoms with E-state index in [1.165, 1.54) is 0 Å². The van der Waals surface area contributed by atoms with Crippen LogP contribution in [0.15, 0.2) is 94.3 Å². The fourth-order valence-corrected chi connectivity index (χ4v) is 4.52. The van der Waals surface area contributed by atoms with Gasteiger partial charge in [-0.3, -0.25) is 14.2 Å². The number of benzene rings is 3. The molecule has 7 heteroatoms. The first-order chi connectivity index (χ1) is 17.8. The van der Waals surface area contributed by atoms with Crippen LogP contribution in [0, 0.1) is 13.8 Å². The number of rotatable bonds is 6. The molecular formula is C30H26ClN3O3. The number of carbonyl (C=O) groups is 1. The van der Waals surface area contributed by atoms with Gasteiger partial charge in [-0.15, -0.1) is 0 Å². The van der Waals surface area contributed by atoms with Crippen LogP contribution in [-0.2, 0) is 6.54 Å². The van der Waals surface area contributed by atoms with Gasteiger partial charge in [-0.1, -0.05) is 47.0 Å². The number of halogens is 1. The van der Waals surface area contributed by atoms with Crippen LogP contribution in [0.1, 0.15) is 46.0 Å². The SMILES string of the molecule is Cc1ccc(C(=O)N(Cc2ccco2)C(C)c2nc3cc(Cl)ccc3c(=O)n2-c2ccc(C)cc2)cc1. The Balaban J connectivity index is 1.71. The molecule has 1 unspecified atom stereocenters. The predicted molar refractivity (Wildman–Crippen MR) is 145 cm³/mol. The van der Waals surface area contributed by atoms with Crippen molar-refractivity contribution in [3.05, 3.63) is 129 Å². The highest BCUT2D eigenvalue weighted by atomic mass is 35.5. The Bertz CT molecular complexity index is 1620. The molecule has 0 bridgehead atoms. The number of nitrogens with zero attached hydrogens (tertiary/aromatic N) is 3. The minimum absolute atomic E-state index is 0.195. The van der Waals surface area contributed by atoms with Crippen molar-refractivity contribution in [2.24, 2.45) is 0 Å². The van der Waals surface area contributed by atoms with E-state index in [0.29, 0.717) is 38.8 Å². The Labute approximate surface area is 219 Å².